The molecule has 3 N–H and O–H groups in total. The highest BCUT2D eigenvalue weighted by atomic mass is 19.3. The van der Waals surface area contributed by atoms with Gasteiger partial charge in [0.25, 0.3) is 5.91 Å². The third-order valence-corrected chi connectivity index (χ3v) is 7.82. The molecule has 0 heterocycles. The summed E-state index contributed by atoms with van der Waals surface area (Å²) in [6, 6.07) is 30.7. The number of alkyl carbamates (subject to hydrolysis) is 1. The van der Waals surface area contributed by atoms with Crippen LogP contribution in [0.2, 0.25) is 0 Å². The predicted molar refractivity (Wildman–Crippen MR) is 184 cm³/mol. The molecule has 0 fully saturated rings. The maximum absolute atomic E-state index is 15.5. The largest absolute Gasteiger partial charge is 0.489 e. The monoisotopic (exact) mass is 685 g/mol. The number of ketones is 1. The second-order valence-electron chi connectivity index (χ2n) is 12.0. The fourth-order valence-electron chi connectivity index (χ4n) is 5.00. The number of halogens is 2. The Morgan fingerprint density at radius 2 is 1.22 bits per heavy atom. The SMILES string of the molecule is CC(C)[C@H](NC(=O)OCc1ccccc1)C(=O)NC(Cc1ccc(OCc2ccccc2)cc1)C(=O)C(F)(F)C(=O)NCCc1ccccc1. The van der Waals surface area contributed by atoms with Gasteiger partial charge >= 0.3 is 12.0 Å². The fraction of sp³-hybridized carbons (Fsp3) is 0.282. The molecule has 9 nitrogen and oxygen atoms in total. The summed E-state index contributed by atoms with van der Waals surface area (Å²) in [5.74, 6) is -8.93. The van der Waals surface area contributed by atoms with Crippen molar-refractivity contribution in [3.63, 3.8) is 0 Å². The van der Waals surface area contributed by atoms with Gasteiger partial charge < -0.3 is 25.4 Å². The third kappa shape index (κ3) is 11.3. The summed E-state index contributed by atoms with van der Waals surface area (Å²) in [5, 5.41) is 6.99. The number of benzene rings is 4. The highest BCUT2D eigenvalue weighted by molar-refractivity contribution is 6.10. The van der Waals surface area contributed by atoms with Gasteiger partial charge in [-0.3, -0.25) is 14.4 Å². The standard InChI is InChI=1S/C39H41F2N3O6/c1-27(2)34(44-38(48)50-26-31-16-10-5-11-17-31)36(46)43-33(24-29-18-20-32(21-19-29)49-25-30-14-8-4-9-15-30)35(45)39(40,41)37(47)42-23-22-28-12-6-3-7-13-28/h3-21,27,33-34H,22-26H2,1-2H3,(H,42,47)(H,43,46)(H,44,48)/t33?,34-/m0/s1. The molecular weight excluding hydrogens is 644 g/mol. The molecule has 0 aliphatic rings. The van der Waals surface area contributed by atoms with Gasteiger partial charge in [-0.2, -0.15) is 8.78 Å². The van der Waals surface area contributed by atoms with Crippen LogP contribution in [0.15, 0.2) is 115 Å². The molecule has 262 valence electrons. The molecular formula is C39H41F2N3O6. The summed E-state index contributed by atoms with van der Waals surface area (Å²) in [6.45, 7) is 3.40. The highest BCUT2D eigenvalue weighted by Gasteiger charge is 2.50. The highest BCUT2D eigenvalue weighted by Crippen LogP contribution is 2.22. The van der Waals surface area contributed by atoms with E-state index < -0.39 is 47.6 Å². The van der Waals surface area contributed by atoms with E-state index in [0.29, 0.717) is 17.9 Å². The van der Waals surface area contributed by atoms with E-state index in [9.17, 15) is 19.2 Å². The Balaban J connectivity index is 1.47. The van der Waals surface area contributed by atoms with E-state index >= 15 is 8.78 Å². The van der Waals surface area contributed by atoms with E-state index in [1.54, 1.807) is 86.6 Å². The molecule has 2 atom stereocenters. The number of ether oxygens (including phenoxy) is 2. The molecule has 0 saturated carbocycles. The molecule has 4 aromatic rings. The molecule has 3 amide bonds. The first-order valence-electron chi connectivity index (χ1n) is 16.3. The van der Waals surface area contributed by atoms with Crippen LogP contribution in [-0.4, -0.2) is 48.2 Å². The Labute approximate surface area is 290 Å². The first-order chi connectivity index (χ1) is 24.0. The van der Waals surface area contributed by atoms with Gasteiger partial charge in [-0.1, -0.05) is 117 Å². The number of carbonyl (C=O) groups excluding carboxylic acids is 4. The van der Waals surface area contributed by atoms with Gasteiger partial charge in [0, 0.05) is 13.0 Å². The Kier molecular flexibility index (Phi) is 13.6. The maximum atomic E-state index is 15.5. The number of amides is 3. The van der Waals surface area contributed by atoms with Crippen LogP contribution in [0, 0.1) is 5.92 Å². The third-order valence-electron chi connectivity index (χ3n) is 7.82. The predicted octanol–water partition coefficient (Wildman–Crippen LogP) is 5.81. The van der Waals surface area contributed by atoms with Crippen molar-refractivity contribution in [2.24, 2.45) is 5.92 Å². The van der Waals surface area contributed by atoms with Crippen molar-refractivity contribution in [1.29, 1.82) is 0 Å². The van der Waals surface area contributed by atoms with Gasteiger partial charge in [0.1, 0.15) is 25.0 Å². The van der Waals surface area contributed by atoms with E-state index in [1.165, 1.54) is 0 Å². The lowest BCUT2D eigenvalue weighted by molar-refractivity contribution is -0.160. The zero-order chi connectivity index (χ0) is 35.9. The minimum absolute atomic E-state index is 0.0586. The number of nitrogens with one attached hydrogen (secondary N) is 3. The lowest BCUT2D eigenvalue weighted by atomic mass is 9.96. The number of carbonyl (C=O) groups is 4. The van der Waals surface area contributed by atoms with E-state index in [4.69, 9.17) is 9.47 Å². The summed E-state index contributed by atoms with van der Waals surface area (Å²) < 4.78 is 42.0. The number of rotatable bonds is 17. The molecule has 0 aromatic heterocycles. The van der Waals surface area contributed by atoms with Gasteiger partial charge in [0.05, 0.1) is 6.04 Å². The maximum Gasteiger partial charge on any atom is 0.408 e. The summed E-state index contributed by atoms with van der Waals surface area (Å²) in [7, 11) is 0. The summed E-state index contributed by atoms with van der Waals surface area (Å²) in [4.78, 5) is 52.2. The van der Waals surface area contributed by atoms with Crippen LogP contribution in [0.3, 0.4) is 0 Å². The molecule has 0 spiro atoms. The second kappa shape index (κ2) is 18.3. The second-order valence-corrected chi connectivity index (χ2v) is 12.0. The Bertz CT molecular complexity index is 1690. The van der Waals surface area contributed by atoms with E-state index in [2.05, 4.69) is 16.0 Å². The van der Waals surface area contributed by atoms with Gasteiger partial charge in [-0.15, -0.1) is 0 Å². The number of alkyl halides is 2. The Morgan fingerprint density at radius 1 is 0.680 bits per heavy atom. The van der Waals surface area contributed by atoms with Crippen molar-refractivity contribution in [2.75, 3.05) is 6.54 Å². The van der Waals surface area contributed by atoms with Crippen LogP contribution in [0.4, 0.5) is 13.6 Å². The molecule has 11 heteroatoms. The Morgan fingerprint density at radius 3 is 1.78 bits per heavy atom. The first kappa shape index (κ1) is 37.2. The topological polar surface area (TPSA) is 123 Å². The van der Waals surface area contributed by atoms with Crippen LogP contribution in [0.25, 0.3) is 0 Å². The van der Waals surface area contributed by atoms with E-state index in [1.807, 2.05) is 42.5 Å². The molecule has 4 aromatic carbocycles. The fourth-order valence-corrected chi connectivity index (χ4v) is 5.00. The van der Waals surface area contributed by atoms with Crippen LogP contribution < -0.4 is 20.7 Å². The summed E-state index contributed by atoms with van der Waals surface area (Å²) in [6.07, 6.45) is -0.989. The average Bonchev–Trinajstić information content (AvgIpc) is 3.13. The minimum atomic E-state index is -4.47. The first-order valence-corrected chi connectivity index (χ1v) is 16.3. The zero-order valence-electron chi connectivity index (χ0n) is 27.9. The van der Waals surface area contributed by atoms with Gasteiger partial charge in [-0.05, 0) is 46.7 Å². The van der Waals surface area contributed by atoms with Crippen LogP contribution >= 0.6 is 0 Å². The van der Waals surface area contributed by atoms with Crippen molar-refractivity contribution in [3.05, 3.63) is 138 Å². The van der Waals surface area contributed by atoms with Gasteiger partial charge in [-0.25, -0.2) is 4.79 Å². The normalized spacial score (nSPS) is 12.3. The van der Waals surface area contributed by atoms with Crippen molar-refractivity contribution < 1.29 is 37.4 Å². The quantitative estimate of drug-likeness (QED) is 0.121. The molecule has 50 heavy (non-hydrogen) atoms. The van der Waals surface area contributed by atoms with E-state index in [-0.39, 0.29) is 26.0 Å². The van der Waals surface area contributed by atoms with Crippen LogP contribution in [0.5, 0.6) is 5.75 Å². The van der Waals surface area contributed by atoms with Gasteiger partial charge in [0.15, 0.2) is 0 Å². The molecule has 0 radical (unpaired) electrons. The minimum Gasteiger partial charge on any atom is -0.489 e. The lowest BCUT2D eigenvalue weighted by Gasteiger charge is -2.27. The molecule has 0 aliphatic heterocycles. The average molecular weight is 686 g/mol. The molecule has 1 unspecified atom stereocenters. The number of hydrogen-bond donors (Lipinski definition) is 3. The molecule has 0 bridgehead atoms. The van der Waals surface area contributed by atoms with Crippen molar-refractivity contribution in [2.45, 2.75) is 57.9 Å². The van der Waals surface area contributed by atoms with Crippen molar-refractivity contribution >= 4 is 23.7 Å². The lowest BCUT2D eigenvalue weighted by Crippen LogP contribution is -2.59. The molecule has 4 rings (SSSR count). The number of Topliss-reactive ketones (excluding diaryl/α,β-unsaturated/α-hetero) is 1. The van der Waals surface area contributed by atoms with Crippen molar-refractivity contribution in [3.8, 4) is 5.75 Å². The van der Waals surface area contributed by atoms with Crippen LogP contribution in [-0.2, 0) is 45.2 Å². The molecule has 0 saturated heterocycles. The molecule has 0 aliphatic carbocycles. The van der Waals surface area contributed by atoms with Gasteiger partial charge in [0.2, 0.25) is 11.7 Å². The van der Waals surface area contributed by atoms with E-state index in [0.717, 1.165) is 16.7 Å². The summed E-state index contributed by atoms with van der Waals surface area (Å²) >= 11 is 0. The van der Waals surface area contributed by atoms with Crippen LogP contribution in [0.1, 0.15) is 36.1 Å². The zero-order valence-corrected chi connectivity index (χ0v) is 27.9. The summed E-state index contributed by atoms with van der Waals surface area (Å²) in [5.41, 5.74) is 2.91. The Hall–Kier alpha value is -5.58. The number of hydrogen-bond acceptors (Lipinski definition) is 6. The van der Waals surface area contributed by atoms with Crippen molar-refractivity contribution in [1.82, 2.24) is 16.0 Å². The smallest absolute Gasteiger partial charge is 0.408 e.